The predicted molar refractivity (Wildman–Crippen MR) is 76.7 cm³/mol. The number of ether oxygens (including phenoxy) is 1. The topological polar surface area (TPSA) is 75.7 Å². The van der Waals surface area contributed by atoms with Gasteiger partial charge >= 0.3 is 11.9 Å². The van der Waals surface area contributed by atoms with Gasteiger partial charge in [0.05, 0.1) is 6.61 Å². The number of likely N-dealkylation sites (N-methyl/N-ethyl adjacent to an activating group) is 1. The van der Waals surface area contributed by atoms with E-state index in [2.05, 4.69) is 5.32 Å². The van der Waals surface area contributed by atoms with Gasteiger partial charge in [-0.3, -0.25) is 14.5 Å². The first-order valence-electron chi connectivity index (χ1n) is 6.96. The number of para-hydroxylation sites is 1. The third-order valence-corrected chi connectivity index (χ3v) is 3.30. The highest BCUT2D eigenvalue weighted by Gasteiger charge is 2.40. The van der Waals surface area contributed by atoms with Gasteiger partial charge in [-0.15, -0.1) is 0 Å². The maximum atomic E-state index is 12.3. The molecule has 2 amide bonds. The van der Waals surface area contributed by atoms with Crippen LogP contribution >= 0.6 is 0 Å². The van der Waals surface area contributed by atoms with E-state index in [1.807, 2.05) is 12.1 Å². The number of esters is 1. The fraction of sp³-hybridized carbons (Fsp3) is 0.400. The zero-order valence-electron chi connectivity index (χ0n) is 12.1. The van der Waals surface area contributed by atoms with Crippen LogP contribution in [0.15, 0.2) is 24.3 Å². The molecule has 0 aromatic heterocycles. The number of fused-ring (bicyclic) bond motifs is 1. The second-order valence-electron chi connectivity index (χ2n) is 4.64. The molecule has 21 heavy (non-hydrogen) atoms. The fourth-order valence-electron chi connectivity index (χ4n) is 2.43. The summed E-state index contributed by atoms with van der Waals surface area (Å²) in [4.78, 5) is 37.4. The average Bonchev–Trinajstić information content (AvgIpc) is 2.86. The van der Waals surface area contributed by atoms with Crippen LogP contribution < -0.4 is 10.2 Å². The second-order valence-corrected chi connectivity index (χ2v) is 4.64. The quantitative estimate of drug-likeness (QED) is 0.655. The molecule has 1 aromatic carbocycles. The van der Waals surface area contributed by atoms with E-state index in [4.69, 9.17) is 4.74 Å². The zero-order chi connectivity index (χ0) is 15.4. The normalized spacial score (nSPS) is 16.3. The molecule has 0 fully saturated rings. The first-order valence-corrected chi connectivity index (χ1v) is 6.96. The average molecular weight is 290 g/mol. The molecule has 1 heterocycles. The van der Waals surface area contributed by atoms with Gasteiger partial charge in [0.15, 0.2) is 0 Å². The van der Waals surface area contributed by atoms with Crippen molar-refractivity contribution in [1.82, 2.24) is 5.32 Å². The summed E-state index contributed by atoms with van der Waals surface area (Å²) >= 11 is 0. The van der Waals surface area contributed by atoms with Crippen LogP contribution in [-0.4, -0.2) is 37.0 Å². The minimum Gasteiger partial charge on any atom is -0.459 e. The van der Waals surface area contributed by atoms with Crippen LogP contribution in [-0.2, 0) is 25.5 Å². The number of nitrogens with zero attached hydrogens (tertiary/aromatic N) is 1. The molecule has 0 aliphatic carbocycles. The molecule has 1 aromatic rings. The number of hydrogen-bond acceptors (Lipinski definition) is 4. The minimum absolute atomic E-state index is 0.117. The molecule has 112 valence electrons. The molecule has 0 saturated carbocycles. The van der Waals surface area contributed by atoms with Crippen molar-refractivity contribution in [1.29, 1.82) is 0 Å². The van der Waals surface area contributed by atoms with E-state index in [1.54, 1.807) is 26.0 Å². The molecule has 0 spiro atoms. The largest absolute Gasteiger partial charge is 0.459 e. The lowest BCUT2D eigenvalue weighted by Gasteiger charge is -2.23. The molecule has 1 N–H and O–H groups in total. The molecule has 6 nitrogen and oxygen atoms in total. The van der Waals surface area contributed by atoms with Gasteiger partial charge < -0.3 is 10.1 Å². The van der Waals surface area contributed by atoms with E-state index < -0.39 is 17.9 Å². The van der Waals surface area contributed by atoms with Crippen molar-refractivity contribution < 1.29 is 19.1 Å². The number of carbonyl (C=O) groups is 3. The Morgan fingerprint density at radius 2 is 2.00 bits per heavy atom. The van der Waals surface area contributed by atoms with Crippen molar-refractivity contribution in [3.63, 3.8) is 0 Å². The van der Waals surface area contributed by atoms with Crippen molar-refractivity contribution in [2.24, 2.45) is 0 Å². The van der Waals surface area contributed by atoms with Crippen LogP contribution in [0.3, 0.4) is 0 Å². The van der Waals surface area contributed by atoms with Crippen LogP contribution in [0.1, 0.15) is 19.4 Å². The van der Waals surface area contributed by atoms with Crippen molar-refractivity contribution in [3.8, 4) is 0 Å². The van der Waals surface area contributed by atoms with Gasteiger partial charge in [0.25, 0.3) is 0 Å². The van der Waals surface area contributed by atoms with Crippen LogP contribution in [0.2, 0.25) is 0 Å². The van der Waals surface area contributed by atoms with Gasteiger partial charge in [0.1, 0.15) is 6.04 Å². The SMILES string of the molecule is CCNC(=O)C1Cc2ccccc2N1C(=O)C(=O)OCC. The van der Waals surface area contributed by atoms with Crippen molar-refractivity contribution >= 4 is 23.5 Å². The third-order valence-electron chi connectivity index (χ3n) is 3.30. The molecule has 1 aliphatic rings. The van der Waals surface area contributed by atoms with E-state index in [9.17, 15) is 14.4 Å². The summed E-state index contributed by atoms with van der Waals surface area (Å²) in [6, 6.07) is 6.47. The summed E-state index contributed by atoms with van der Waals surface area (Å²) in [6.07, 6.45) is 0.396. The number of rotatable bonds is 3. The Hall–Kier alpha value is -2.37. The Bertz CT molecular complexity index is 571. The lowest BCUT2D eigenvalue weighted by atomic mass is 10.1. The Morgan fingerprint density at radius 1 is 1.29 bits per heavy atom. The maximum Gasteiger partial charge on any atom is 0.397 e. The molecule has 1 unspecified atom stereocenters. The van der Waals surface area contributed by atoms with Gasteiger partial charge in [-0.1, -0.05) is 18.2 Å². The third kappa shape index (κ3) is 2.89. The second kappa shape index (κ2) is 6.39. The van der Waals surface area contributed by atoms with Gasteiger partial charge in [-0.05, 0) is 25.5 Å². The number of amides is 2. The highest BCUT2D eigenvalue weighted by Crippen LogP contribution is 2.32. The van der Waals surface area contributed by atoms with E-state index in [0.717, 1.165) is 5.56 Å². The van der Waals surface area contributed by atoms with Crippen LogP contribution in [0.4, 0.5) is 5.69 Å². The number of anilines is 1. The van der Waals surface area contributed by atoms with Crippen molar-refractivity contribution in [2.45, 2.75) is 26.3 Å². The monoisotopic (exact) mass is 290 g/mol. The van der Waals surface area contributed by atoms with Gasteiger partial charge in [-0.2, -0.15) is 0 Å². The molecule has 1 aliphatic heterocycles. The zero-order valence-corrected chi connectivity index (χ0v) is 12.1. The molecule has 6 heteroatoms. The Morgan fingerprint density at radius 3 is 2.67 bits per heavy atom. The summed E-state index contributed by atoms with van der Waals surface area (Å²) in [5.41, 5.74) is 1.46. The molecular weight excluding hydrogens is 272 g/mol. The van der Waals surface area contributed by atoms with Gasteiger partial charge in [-0.25, -0.2) is 4.79 Å². The Balaban J connectivity index is 2.33. The fourth-order valence-corrected chi connectivity index (χ4v) is 2.43. The number of hydrogen-bond donors (Lipinski definition) is 1. The first kappa shape index (κ1) is 15.0. The number of nitrogens with one attached hydrogen (secondary N) is 1. The van der Waals surface area contributed by atoms with Crippen molar-refractivity contribution in [3.05, 3.63) is 29.8 Å². The molecular formula is C15H18N2O4. The summed E-state index contributed by atoms with van der Waals surface area (Å²) in [6.45, 7) is 4.01. The van der Waals surface area contributed by atoms with Crippen molar-refractivity contribution in [2.75, 3.05) is 18.1 Å². The Kier molecular flexibility index (Phi) is 4.57. The van der Waals surface area contributed by atoms with Gasteiger partial charge in [0, 0.05) is 18.7 Å². The lowest BCUT2D eigenvalue weighted by Crippen LogP contribution is -2.50. The van der Waals surface area contributed by atoms with Gasteiger partial charge in [0.2, 0.25) is 5.91 Å². The minimum atomic E-state index is -0.941. The van der Waals surface area contributed by atoms with E-state index >= 15 is 0 Å². The summed E-state index contributed by atoms with van der Waals surface area (Å²) in [7, 11) is 0. The first-order chi connectivity index (χ1) is 10.1. The highest BCUT2D eigenvalue weighted by atomic mass is 16.5. The Labute approximate surface area is 123 Å². The van der Waals surface area contributed by atoms with Crippen LogP contribution in [0.25, 0.3) is 0 Å². The summed E-state index contributed by atoms with van der Waals surface area (Å²) in [5, 5.41) is 2.69. The highest BCUT2D eigenvalue weighted by molar-refractivity contribution is 6.39. The maximum absolute atomic E-state index is 12.3. The smallest absolute Gasteiger partial charge is 0.397 e. The van der Waals surface area contributed by atoms with E-state index in [-0.39, 0.29) is 12.5 Å². The summed E-state index contributed by atoms with van der Waals surface area (Å²) < 4.78 is 4.76. The number of carbonyl (C=O) groups excluding carboxylic acids is 3. The summed E-state index contributed by atoms with van der Waals surface area (Å²) in [5.74, 6) is -2.02. The lowest BCUT2D eigenvalue weighted by molar-refractivity contribution is -0.153. The van der Waals surface area contributed by atoms with Crippen LogP contribution in [0, 0.1) is 0 Å². The molecule has 0 radical (unpaired) electrons. The molecule has 1 atom stereocenters. The standard InChI is InChI=1S/C15H18N2O4/c1-3-16-13(18)12-9-10-7-5-6-8-11(10)17(12)14(19)15(20)21-4-2/h5-8,12H,3-4,9H2,1-2H3,(H,16,18). The van der Waals surface area contributed by atoms with E-state index in [1.165, 1.54) is 4.90 Å². The predicted octanol–water partition coefficient (Wildman–Crippen LogP) is 0.643. The molecule has 0 bridgehead atoms. The number of benzene rings is 1. The molecule has 2 rings (SSSR count). The van der Waals surface area contributed by atoms with E-state index in [0.29, 0.717) is 18.7 Å². The van der Waals surface area contributed by atoms with Crippen LogP contribution in [0.5, 0.6) is 0 Å². The molecule has 0 saturated heterocycles.